The number of piperazine rings is 1. The zero-order valence-corrected chi connectivity index (χ0v) is 15.2. The van der Waals surface area contributed by atoms with E-state index in [2.05, 4.69) is 12.2 Å². The molecule has 1 N–H and O–H groups in total. The predicted octanol–water partition coefficient (Wildman–Crippen LogP) is 3.41. The maximum Gasteiger partial charge on any atom is 0.416 e. The number of nitro benzene ring substituents is 1. The van der Waals surface area contributed by atoms with Crippen LogP contribution in [0.25, 0.3) is 0 Å². The van der Waals surface area contributed by atoms with Crippen LogP contribution in [0.2, 0.25) is 0 Å². The largest absolute Gasteiger partial charge is 0.416 e. The number of thiocarbonyl (C=S) groups is 1. The highest BCUT2D eigenvalue weighted by Crippen LogP contribution is 2.36. The van der Waals surface area contributed by atoms with Crippen LogP contribution in [0.1, 0.15) is 25.3 Å². The molecule has 1 aromatic carbocycles. The van der Waals surface area contributed by atoms with Crippen molar-refractivity contribution in [2.45, 2.75) is 25.9 Å². The number of nitrogens with zero attached hydrogens (tertiary/aromatic N) is 3. The number of alkyl halides is 3. The summed E-state index contributed by atoms with van der Waals surface area (Å²) in [6.45, 7) is 4.87. The molecular weight excluding hydrogens is 369 g/mol. The Morgan fingerprint density at radius 1 is 1.31 bits per heavy atom. The van der Waals surface area contributed by atoms with Crippen LogP contribution >= 0.6 is 12.2 Å². The molecule has 0 radical (unpaired) electrons. The Morgan fingerprint density at radius 2 is 1.96 bits per heavy atom. The Kier molecular flexibility index (Phi) is 6.63. The minimum Gasteiger partial charge on any atom is -0.363 e. The SMILES string of the molecule is CCCCNC(=S)N1CCN(c2ccc(C(F)(F)F)cc2[N+](=O)[O-])CC1. The third-order valence-electron chi connectivity index (χ3n) is 4.21. The topological polar surface area (TPSA) is 61.6 Å². The number of anilines is 1. The van der Waals surface area contributed by atoms with Crippen molar-refractivity contribution in [2.24, 2.45) is 0 Å². The molecule has 2 rings (SSSR count). The maximum absolute atomic E-state index is 12.8. The standard InChI is InChI=1S/C16H21F3N4O2S/c1-2-3-6-20-15(26)22-9-7-21(8-10-22)13-5-4-12(16(17,18)19)11-14(13)23(24)25/h4-5,11H,2-3,6-10H2,1H3,(H,20,26). The summed E-state index contributed by atoms with van der Waals surface area (Å²) in [5.74, 6) is 0. The minimum atomic E-state index is -4.61. The van der Waals surface area contributed by atoms with Gasteiger partial charge in [-0.3, -0.25) is 10.1 Å². The van der Waals surface area contributed by atoms with Gasteiger partial charge in [0.25, 0.3) is 5.69 Å². The van der Waals surface area contributed by atoms with E-state index >= 15 is 0 Å². The van der Waals surface area contributed by atoms with E-state index in [0.717, 1.165) is 25.5 Å². The van der Waals surface area contributed by atoms with Crippen LogP contribution in [-0.2, 0) is 6.18 Å². The van der Waals surface area contributed by atoms with Gasteiger partial charge in [0.2, 0.25) is 0 Å². The van der Waals surface area contributed by atoms with Crippen molar-refractivity contribution in [3.63, 3.8) is 0 Å². The van der Waals surface area contributed by atoms with Crippen molar-refractivity contribution >= 4 is 28.7 Å². The van der Waals surface area contributed by atoms with Gasteiger partial charge in [-0.25, -0.2) is 0 Å². The molecule has 0 spiro atoms. The van der Waals surface area contributed by atoms with E-state index in [1.54, 1.807) is 4.90 Å². The van der Waals surface area contributed by atoms with Crippen molar-refractivity contribution in [3.8, 4) is 0 Å². The fourth-order valence-electron chi connectivity index (χ4n) is 2.75. The van der Waals surface area contributed by atoms with Gasteiger partial charge in [0.15, 0.2) is 5.11 Å². The van der Waals surface area contributed by atoms with Crippen molar-refractivity contribution in [1.82, 2.24) is 10.2 Å². The molecule has 1 saturated heterocycles. The average molecular weight is 390 g/mol. The highest BCUT2D eigenvalue weighted by molar-refractivity contribution is 7.80. The van der Waals surface area contributed by atoms with Crippen molar-refractivity contribution in [1.29, 1.82) is 0 Å². The van der Waals surface area contributed by atoms with Crippen LogP contribution in [0.15, 0.2) is 18.2 Å². The Bertz CT molecular complexity index is 661. The molecular formula is C16H21F3N4O2S. The lowest BCUT2D eigenvalue weighted by Gasteiger charge is -2.37. The zero-order chi connectivity index (χ0) is 19.3. The van der Waals surface area contributed by atoms with Gasteiger partial charge in [0.1, 0.15) is 5.69 Å². The van der Waals surface area contributed by atoms with Gasteiger partial charge in [0.05, 0.1) is 10.5 Å². The van der Waals surface area contributed by atoms with Gasteiger partial charge in [-0.1, -0.05) is 13.3 Å². The molecule has 0 amide bonds. The summed E-state index contributed by atoms with van der Waals surface area (Å²) in [6.07, 6.45) is -2.54. The highest BCUT2D eigenvalue weighted by Gasteiger charge is 2.34. The lowest BCUT2D eigenvalue weighted by Crippen LogP contribution is -2.52. The summed E-state index contributed by atoms with van der Waals surface area (Å²) < 4.78 is 38.4. The number of hydrogen-bond donors (Lipinski definition) is 1. The highest BCUT2D eigenvalue weighted by atomic mass is 32.1. The number of hydrogen-bond acceptors (Lipinski definition) is 4. The van der Waals surface area contributed by atoms with E-state index in [-0.39, 0.29) is 5.69 Å². The molecule has 0 atom stereocenters. The van der Waals surface area contributed by atoms with Crippen LogP contribution in [0.4, 0.5) is 24.5 Å². The average Bonchev–Trinajstić information content (AvgIpc) is 2.60. The van der Waals surface area contributed by atoms with E-state index in [4.69, 9.17) is 12.2 Å². The Labute approximate surface area is 155 Å². The van der Waals surface area contributed by atoms with Gasteiger partial charge >= 0.3 is 6.18 Å². The number of nitrogens with one attached hydrogen (secondary N) is 1. The van der Waals surface area contributed by atoms with Crippen LogP contribution in [0.3, 0.4) is 0 Å². The molecule has 0 unspecified atom stereocenters. The second-order valence-electron chi connectivity index (χ2n) is 6.02. The third-order valence-corrected chi connectivity index (χ3v) is 4.62. The monoisotopic (exact) mass is 390 g/mol. The van der Waals surface area contributed by atoms with Crippen molar-refractivity contribution in [2.75, 3.05) is 37.6 Å². The molecule has 1 aliphatic rings. The lowest BCUT2D eigenvalue weighted by atomic mass is 10.1. The quantitative estimate of drug-likeness (QED) is 0.360. The molecule has 26 heavy (non-hydrogen) atoms. The molecule has 1 aromatic rings. The molecule has 1 aliphatic heterocycles. The third kappa shape index (κ3) is 4.96. The number of benzene rings is 1. The molecule has 0 bridgehead atoms. The number of unbranched alkanes of at least 4 members (excludes halogenated alkanes) is 1. The van der Waals surface area contributed by atoms with Gasteiger partial charge in [-0.2, -0.15) is 13.2 Å². The minimum absolute atomic E-state index is 0.201. The maximum atomic E-state index is 12.8. The molecule has 144 valence electrons. The van der Waals surface area contributed by atoms with Gasteiger partial charge in [-0.05, 0) is 30.8 Å². The van der Waals surface area contributed by atoms with E-state index in [1.165, 1.54) is 6.07 Å². The fraction of sp³-hybridized carbons (Fsp3) is 0.562. The summed E-state index contributed by atoms with van der Waals surface area (Å²) in [5.41, 5.74) is -1.35. The van der Waals surface area contributed by atoms with Crippen molar-refractivity contribution in [3.05, 3.63) is 33.9 Å². The fourth-order valence-corrected chi connectivity index (χ4v) is 3.03. The summed E-state index contributed by atoms with van der Waals surface area (Å²) in [5, 5.41) is 15.0. The zero-order valence-electron chi connectivity index (χ0n) is 14.4. The van der Waals surface area contributed by atoms with Gasteiger partial charge in [0, 0.05) is 38.8 Å². The van der Waals surface area contributed by atoms with Crippen LogP contribution in [-0.4, -0.2) is 47.7 Å². The second kappa shape index (κ2) is 8.52. The summed E-state index contributed by atoms with van der Waals surface area (Å²) in [4.78, 5) is 14.2. The van der Waals surface area contributed by atoms with Crippen LogP contribution in [0, 0.1) is 10.1 Å². The first-order valence-corrected chi connectivity index (χ1v) is 8.78. The van der Waals surface area contributed by atoms with Gasteiger partial charge < -0.3 is 15.1 Å². The Morgan fingerprint density at radius 3 is 2.50 bits per heavy atom. The first kappa shape index (κ1) is 20.2. The van der Waals surface area contributed by atoms with E-state index < -0.39 is 22.4 Å². The molecule has 0 aliphatic carbocycles. The number of nitro groups is 1. The number of rotatable bonds is 5. The van der Waals surface area contributed by atoms with Gasteiger partial charge in [-0.15, -0.1) is 0 Å². The van der Waals surface area contributed by atoms with E-state index in [1.807, 2.05) is 4.90 Å². The Balaban J connectivity index is 2.07. The summed E-state index contributed by atoms with van der Waals surface area (Å²) in [6, 6.07) is 2.65. The van der Waals surface area contributed by atoms with Crippen LogP contribution in [0.5, 0.6) is 0 Å². The van der Waals surface area contributed by atoms with Crippen molar-refractivity contribution < 1.29 is 18.1 Å². The van der Waals surface area contributed by atoms with Crippen LogP contribution < -0.4 is 10.2 Å². The molecule has 0 aromatic heterocycles. The second-order valence-corrected chi connectivity index (χ2v) is 6.40. The molecule has 6 nitrogen and oxygen atoms in total. The first-order chi connectivity index (χ1) is 12.2. The van der Waals surface area contributed by atoms with E-state index in [9.17, 15) is 23.3 Å². The Hall–Kier alpha value is -2.10. The molecule has 1 fully saturated rings. The molecule has 1 heterocycles. The predicted molar refractivity (Wildman–Crippen MR) is 97.4 cm³/mol. The summed E-state index contributed by atoms with van der Waals surface area (Å²) >= 11 is 5.33. The lowest BCUT2D eigenvalue weighted by molar-refractivity contribution is -0.384. The normalized spacial score (nSPS) is 15.1. The number of halogens is 3. The smallest absolute Gasteiger partial charge is 0.363 e. The summed E-state index contributed by atoms with van der Waals surface area (Å²) in [7, 11) is 0. The first-order valence-electron chi connectivity index (χ1n) is 8.37. The van der Waals surface area contributed by atoms with E-state index in [0.29, 0.717) is 37.4 Å². The molecule has 0 saturated carbocycles. The molecule has 10 heteroatoms.